The standard InChI is InChI=1S/C7H10BFO2/c1-7(9)5-3-2-4-6(7)8(10)11/h2-6,10-11H,1H3. The molecule has 2 unspecified atom stereocenters. The van der Waals surface area contributed by atoms with Crippen LogP contribution >= 0.6 is 0 Å². The molecule has 4 heteroatoms. The highest BCUT2D eigenvalue weighted by Gasteiger charge is 2.39. The van der Waals surface area contributed by atoms with Gasteiger partial charge in [-0.3, -0.25) is 0 Å². The third-order valence-electron chi connectivity index (χ3n) is 1.82. The van der Waals surface area contributed by atoms with Crippen LogP contribution in [-0.4, -0.2) is 22.8 Å². The largest absolute Gasteiger partial charge is 0.462 e. The van der Waals surface area contributed by atoms with E-state index in [9.17, 15) is 4.39 Å². The summed E-state index contributed by atoms with van der Waals surface area (Å²) in [6, 6.07) is 0. The van der Waals surface area contributed by atoms with Crippen molar-refractivity contribution in [3.8, 4) is 0 Å². The molecular weight excluding hydrogens is 146 g/mol. The lowest BCUT2D eigenvalue weighted by Gasteiger charge is -2.26. The van der Waals surface area contributed by atoms with Crippen LogP contribution in [0.25, 0.3) is 0 Å². The summed E-state index contributed by atoms with van der Waals surface area (Å²) < 4.78 is 13.3. The third-order valence-corrected chi connectivity index (χ3v) is 1.82. The van der Waals surface area contributed by atoms with Crippen LogP contribution in [0.15, 0.2) is 24.3 Å². The molecule has 1 aliphatic carbocycles. The first-order chi connectivity index (χ1) is 5.04. The molecule has 2 N–H and O–H groups in total. The Labute approximate surface area is 65.2 Å². The molecule has 0 aliphatic heterocycles. The van der Waals surface area contributed by atoms with Crippen LogP contribution < -0.4 is 0 Å². The highest BCUT2D eigenvalue weighted by atomic mass is 19.1. The Morgan fingerprint density at radius 3 is 2.45 bits per heavy atom. The zero-order valence-corrected chi connectivity index (χ0v) is 6.24. The summed E-state index contributed by atoms with van der Waals surface area (Å²) in [6.45, 7) is 1.32. The van der Waals surface area contributed by atoms with E-state index in [1.165, 1.54) is 19.1 Å². The summed E-state index contributed by atoms with van der Waals surface area (Å²) in [7, 11) is -1.63. The van der Waals surface area contributed by atoms with Gasteiger partial charge in [0, 0.05) is 5.82 Å². The summed E-state index contributed by atoms with van der Waals surface area (Å²) in [6.07, 6.45) is 5.92. The maximum absolute atomic E-state index is 13.3. The van der Waals surface area contributed by atoms with Gasteiger partial charge < -0.3 is 10.0 Å². The molecule has 0 aromatic rings. The maximum Gasteiger partial charge on any atom is 0.462 e. The smallest absolute Gasteiger partial charge is 0.427 e. The monoisotopic (exact) mass is 156 g/mol. The van der Waals surface area contributed by atoms with E-state index in [1.807, 2.05) is 0 Å². The van der Waals surface area contributed by atoms with Crippen molar-refractivity contribution in [1.82, 2.24) is 0 Å². The van der Waals surface area contributed by atoms with E-state index < -0.39 is 18.6 Å². The Bertz CT molecular complexity index is 199. The van der Waals surface area contributed by atoms with Crippen LogP contribution in [-0.2, 0) is 0 Å². The Kier molecular flexibility index (Phi) is 2.16. The second-order valence-corrected chi connectivity index (χ2v) is 2.83. The molecule has 0 saturated heterocycles. The van der Waals surface area contributed by atoms with Crippen LogP contribution in [0.3, 0.4) is 0 Å². The minimum Gasteiger partial charge on any atom is -0.427 e. The van der Waals surface area contributed by atoms with Crippen molar-refractivity contribution in [3.63, 3.8) is 0 Å². The summed E-state index contributed by atoms with van der Waals surface area (Å²) in [5.74, 6) is -0.854. The van der Waals surface area contributed by atoms with Crippen LogP contribution in [0, 0.1) is 0 Å². The number of hydrogen-bond donors (Lipinski definition) is 2. The van der Waals surface area contributed by atoms with E-state index in [4.69, 9.17) is 10.0 Å². The van der Waals surface area contributed by atoms with Gasteiger partial charge in [0.15, 0.2) is 0 Å². The minimum absolute atomic E-state index is 0.854. The van der Waals surface area contributed by atoms with Crippen LogP contribution in [0.5, 0.6) is 0 Å². The molecule has 60 valence electrons. The van der Waals surface area contributed by atoms with E-state index in [0.29, 0.717) is 0 Å². The zero-order valence-electron chi connectivity index (χ0n) is 6.24. The van der Waals surface area contributed by atoms with Gasteiger partial charge in [0.25, 0.3) is 0 Å². The Hall–Kier alpha value is -0.605. The molecule has 1 rings (SSSR count). The minimum atomic E-state index is -1.65. The van der Waals surface area contributed by atoms with Gasteiger partial charge in [-0.1, -0.05) is 18.2 Å². The highest BCUT2D eigenvalue weighted by molar-refractivity contribution is 6.44. The fourth-order valence-electron chi connectivity index (χ4n) is 1.12. The molecule has 1 aliphatic rings. The molecular formula is C7H10BFO2. The summed E-state index contributed by atoms with van der Waals surface area (Å²) in [5, 5.41) is 17.5. The first-order valence-corrected chi connectivity index (χ1v) is 3.45. The summed E-state index contributed by atoms with van der Waals surface area (Å²) >= 11 is 0. The molecule has 0 radical (unpaired) electrons. The average Bonchev–Trinajstić information content (AvgIpc) is 1.85. The molecule has 0 fully saturated rings. The molecule has 0 heterocycles. The first-order valence-electron chi connectivity index (χ1n) is 3.45. The molecule has 2 atom stereocenters. The number of alkyl halides is 1. The van der Waals surface area contributed by atoms with Crippen molar-refractivity contribution < 1.29 is 14.4 Å². The predicted octanol–water partition coefficient (Wildman–Crippen LogP) is 0.684. The number of rotatable bonds is 1. The van der Waals surface area contributed by atoms with Gasteiger partial charge in [-0.05, 0) is 13.0 Å². The Morgan fingerprint density at radius 1 is 1.45 bits per heavy atom. The fourth-order valence-corrected chi connectivity index (χ4v) is 1.12. The molecule has 0 bridgehead atoms. The molecule has 0 saturated carbocycles. The van der Waals surface area contributed by atoms with Gasteiger partial charge in [-0.25, -0.2) is 4.39 Å². The average molecular weight is 156 g/mol. The second kappa shape index (κ2) is 2.79. The van der Waals surface area contributed by atoms with Gasteiger partial charge in [-0.15, -0.1) is 0 Å². The molecule has 0 spiro atoms. The molecule has 11 heavy (non-hydrogen) atoms. The second-order valence-electron chi connectivity index (χ2n) is 2.83. The molecule has 2 nitrogen and oxygen atoms in total. The van der Waals surface area contributed by atoms with E-state index in [-0.39, 0.29) is 0 Å². The third kappa shape index (κ3) is 1.70. The number of allylic oxidation sites excluding steroid dienone is 4. The number of hydrogen-bond acceptors (Lipinski definition) is 2. The van der Waals surface area contributed by atoms with Crippen molar-refractivity contribution >= 4 is 7.12 Å². The van der Waals surface area contributed by atoms with E-state index in [1.54, 1.807) is 12.2 Å². The molecule has 0 aromatic carbocycles. The van der Waals surface area contributed by atoms with E-state index in [2.05, 4.69) is 0 Å². The lowest BCUT2D eigenvalue weighted by Crippen LogP contribution is -2.34. The SMILES string of the molecule is CC1(F)C=CC=CC1B(O)O. The lowest BCUT2D eigenvalue weighted by molar-refractivity contribution is 0.231. The Morgan fingerprint density at radius 2 is 2.09 bits per heavy atom. The van der Waals surface area contributed by atoms with Crippen molar-refractivity contribution in [3.05, 3.63) is 24.3 Å². The highest BCUT2D eigenvalue weighted by Crippen LogP contribution is 2.33. The summed E-state index contributed by atoms with van der Waals surface area (Å²) in [5.41, 5.74) is -1.65. The predicted molar refractivity (Wildman–Crippen MR) is 41.7 cm³/mol. The van der Waals surface area contributed by atoms with Crippen LogP contribution in [0.4, 0.5) is 4.39 Å². The summed E-state index contributed by atoms with van der Waals surface area (Å²) in [4.78, 5) is 0. The van der Waals surface area contributed by atoms with Gasteiger partial charge in [-0.2, -0.15) is 0 Å². The maximum atomic E-state index is 13.3. The lowest BCUT2D eigenvalue weighted by atomic mass is 9.63. The fraction of sp³-hybridized carbons (Fsp3) is 0.429. The van der Waals surface area contributed by atoms with Crippen molar-refractivity contribution in [1.29, 1.82) is 0 Å². The number of halogens is 1. The zero-order chi connectivity index (χ0) is 8.48. The quantitative estimate of drug-likeness (QED) is 0.548. The van der Waals surface area contributed by atoms with Crippen molar-refractivity contribution in [2.45, 2.75) is 18.4 Å². The van der Waals surface area contributed by atoms with Crippen molar-refractivity contribution in [2.75, 3.05) is 0 Å². The topological polar surface area (TPSA) is 40.5 Å². The van der Waals surface area contributed by atoms with E-state index in [0.717, 1.165) is 0 Å². The van der Waals surface area contributed by atoms with Gasteiger partial charge >= 0.3 is 7.12 Å². The first kappa shape index (κ1) is 8.49. The molecule has 0 amide bonds. The van der Waals surface area contributed by atoms with Gasteiger partial charge in [0.05, 0.1) is 0 Å². The van der Waals surface area contributed by atoms with Gasteiger partial charge in [0.1, 0.15) is 5.67 Å². The van der Waals surface area contributed by atoms with Crippen LogP contribution in [0.1, 0.15) is 6.92 Å². The normalized spacial score (nSPS) is 35.8. The van der Waals surface area contributed by atoms with Crippen molar-refractivity contribution in [2.24, 2.45) is 0 Å². The van der Waals surface area contributed by atoms with Gasteiger partial charge in [0.2, 0.25) is 0 Å². The van der Waals surface area contributed by atoms with Crippen LogP contribution in [0.2, 0.25) is 5.82 Å². The van der Waals surface area contributed by atoms with E-state index >= 15 is 0 Å². The Balaban J connectivity index is 2.80. The molecule has 0 aromatic heterocycles.